The van der Waals surface area contributed by atoms with Crippen LogP contribution in [0.3, 0.4) is 0 Å². The average molecular weight is 424 g/mol. The molecule has 1 aliphatic heterocycles. The molecule has 0 N–H and O–H groups in total. The van der Waals surface area contributed by atoms with Crippen molar-refractivity contribution in [1.29, 1.82) is 0 Å². The molecule has 1 heterocycles. The molecule has 0 aromatic heterocycles. The second kappa shape index (κ2) is 7.79. The van der Waals surface area contributed by atoms with Gasteiger partial charge in [-0.1, -0.05) is 134 Å². The zero-order chi connectivity index (χ0) is 23.6. The van der Waals surface area contributed by atoms with Crippen LogP contribution in [0.4, 0.5) is 0 Å². The predicted molar refractivity (Wildman–Crippen MR) is 144 cm³/mol. The van der Waals surface area contributed by atoms with Crippen LogP contribution in [0.25, 0.3) is 10.8 Å². The summed E-state index contributed by atoms with van der Waals surface area (Å²) in [5.74, 6) is 1.54. The van der Waals surface area contributed by atoms with Crippen molar-refractivity contribution in [1.82, 2.24) is 0 Å². The van der Waals surface area contributed by atoms with E-state index in [9.17, 15) is 0 Å². The zero-order valence-electron chi connectivity index (χ0n) is 21.9. The van der Waals surface area contributed by atoms with Crippen molar-refractivity contribution in [3.05, 3.63) is 76.3 Å². The van der Waals surface area contributed by atoms with E-state index in [2.05, 4.69) is 118 Å². The minimum absolute atomic E-state index is 0.0317. The van der Waals surface area contributed by atoms with Gasteiger partial charge in [0.05, 0.1) is 0 Å². The molecule has 0 saturated carbocycles. The van der Waals surface area contributed by atoms with Crippen molar-refractivity contribution in [3.8, 4) is 0 Å². The van der Waals surface area contributed by atoms with Crippen molar-refractivity contribution >= 4 is 22.9 Å². The lowest BCUT2D eigenvalue weighted by Gasteiger charge is -2.50. The Balaban J connectivity index is 2.12. The predicted octanol–water partition coefficient (Wildman–Crippen LogP) is 8.26. The topological polar surface area (TPSA) is 0 Å². The van der Waals surface area contributed by atoms with Gasteiger partial charge in [0.25, 0.3) is 0 Å². The molecule has 1 aliphatic rings. The minimum atomic E-state index is 0.0317. The van der Waals surface area contributed by atoms with Gasteiger partial charge in [-0.05, 0) is 55.8 Å². The fourth-order valence-corrected chi connectivity index (χ4v) is 6.69. The molecule has 3 aromatic carbocycles. The van der Waals surface area contributed by atoms with E-state index in [-0.39, 0.29) is 10.6 Å². The molecule has 0 nitrogen and oxygen atoms in total. The van der Waals surface area contributed by atoms with Crippen LogP contribution in [-0.4, -0.2) is 6.71 Å². The highest BCUT2D eigenvalue weighted by molar-refractivity contribution is 6.80. The van der Waals surface area contributed by atoms with Crippen LogP contribution >= 0.6 is 0 Å². The molecule has 0 bridgehead atoms. The summed E-state index contributed by atoms with van der Waals surface area (Å²) in [6, 6.07) is 18.9. The Labute approximate surface area is 196 Å². The standard InChI is InChI=1S/C31H41B/c1-19(2)23-17-24(20(3)4)29(25(18-23)21(5)6)32-30(7,8)26-15-11-13-22-14-12-16-27(28(22)26)31(32,9)10/h11-21H,1-10H3. The molecule has 0 amide bonds. The SMILES string of the molecule is CC(C)c1cc(C(C)C)c(B2C(C)(C)c3cccc4cccc(c34)C2(C)C)c(C(C)C)c1. The van der Waals surface area contributed by atoms with Crippen molar-refractivity contribution in [2.75, 3.05) is 0 Å². The van der Waals surface area contributed by atoms with Gasteiger partial charge in [-0.25, -0.2) is 0 Å². The van der Waals surface area contributed by atoms with Crippen molar-refractivity contribution in [3.63, 3.8) is 0 Å². The molecule has 4 rings (SSSR count). The summed E-state index contributed by atoms with van der Waals surface area (Å²) in [5.41, 5.74) is 9.21. The Morgan fingerprint density at radius 3 is 1.44 bits per heavy atom. The van der Waals surface area contributed by atoms with E-state index in [0.717, 1.165) is 0 Å². The van der Waals surface area contributed by atoms with Crippen LogP contribution in [0.5, 0.6) is 0 Å². The van der Waals surface area contributed by atoms with Crippen LogP contribution < -0.4 is 5.46 Å². The molecular formula is C31H41B. The van der Waals surface area contributed by atoms with Crippen LogP contribution in [-0.2, 0) is 10.6 Å². The molecule has 3 aromatic rings. The molecule has 0 spiro atoms. The van der Waals surface area contributed by atoms with Crippen LogP contribution in [0.2, 0.25) is 0 Å². The molecule has 0 radical (unpaired) electrons. The Morgan fingerprint density at radius 2 is 1.06 bits per heavy atom. The molecule has 0 saturated heterocycles. The minimum Gasteiger partial charge on any atom is -0.0714 e. The number of benzene rings is 3. The van der Waals surface area contributed by atoms with Gasteiger partial charge in [0.15, 0.2) is 6.71 Å². The summed E-state index contributed by atoms with van der Waals surface area (Å²) in [4.78, 5) is 0. The quantitative estimate of drug-likeness (QED) is 0.370. The summed E-state index contributed by atoms with van der Waals surface area (Å²) < 4.78 is 0. The van der Waals surface area contributed by atoms with Crippen LogP contribution in [0.15, 0.2) is 48.5 Å². The lowest BCUT2D eigenvalue weighted by atomic mass is 9.16. The summed E-state index contributed by atoms with van der Waals surface area (Å²) in [7, 11) is 0. The van der Waals surface area contributed by atoms with Gasteiger partial charge in [-0.2, -0.15) is 0 Å². The summed E-state index contributed by atoms with van der Waals surface area (Å²) in [6.45, 7) is 24.6. The highest BCUT2D eigenvalue weighted by Gasteiger charge is 2.52. The third-order valence-electron chi connectivity index (χ3n) is 8.20. The van der Waals surface area contributed by atoms with E-state index in [4.69, 9.17) is 0 Å². The molecule has 32 heavy (non-hydrogen) atoms. The fourth-order valence-electron chi connectivity index (χ4n) is 6.69. The fraction of sp³-hybridized carbons (Fsp3) is 0.484. The maximum atomic E-state index is 2.53. The lowest BCUT2D eigenvalue weighted by molar-refractivity contribution is 0.633. The van der Waals surface area contributed by atoms with E-state index in [1.807, 2.05) is 0 Å². The summed E-state index contributed by atoms with van der Waals surface area (Å²) >= 11 is 0. The zero-order valence-corrected chi connectivity index (χ0v) is 21.9. The Hall–Kier alpha value is -2.02. The number of hydrogen-bond acceptors (Lipinski definition) is 0. The second-order valence-corrected chi connectivity index (χ2v) is 12.2. The normalized spacial score (nSPS) is 17.1. The number of hydrogen-bond donors (Lipinski definition) is 0. The first-order chi connectivity index (χ1) is 14.9. The highest BCUT2D eigenvalue weighted by atomic mass is 14.4. The Kier molecular flexibility index (Phi) is 5.64. The van der Waals surface area contributed by atoms with Gasteiger partial charge >= 0.3 is 0 Å². The first-order valence-electron chi connectivity index (χ1n) is 12.6. The lowest BCUT2D eigenvalue weighted by Crippen LogP contribution is -2.63. The Morgan fingerprint density at radius 1 is 0.625 bits per heavy atom. The van der Waals surface area contributed by atoms with Gasteiger partial charge in [0.2, 0.25) is 0 Å². The molecular weight excluding hydrogens is 383 g/mol. The average Bonchev–Trinajstić information content (AvgIpc) is 2.71. The monoisotopic (exact) mass is 424 g/mol. The van der Waals surface area contributed by atoms with Gasteiger partial charge in [0, 0.05) is 0 Å². The third-order valence-corrected chi connectivity index (χ3v) is 8.20. The molecule has 0 aliphatic carbocycles. The van der Waals surface area contributed by atoms with E-state index >= 15 is 0 Å². The maximum absolute atomic E-state index is 2.53. The first kappa shape index (κ1) is 23.2. The molecule has 168 valence electrons. The second-order valence-electron chi connectivity index (χ2n) is 12.2. The van der Waals surface area contributed by atoms with E-state index < -0.39 is 0 Å². The largest absolute Gasteiger partial charge is 0.197 e. The van der Waals surface area contributed by atoms with Crippen molar-refractivity contribution < 1.29 is 0 Å². The molecule has 0 unspecified atom stereocenters. The van der Waals surface area contributed by atoms with Crippen LogP contribution in [0.1, 0.15) is 115 Å². The first-order valence-corrected chi connectivity index (χ1v) is 12.6. The molecule has 0 fully saturated rings. The van der Waals surface area contributed by atoms with Crippen LogP contribution in [0, 0.1) is 0 Å². The van der Waals surface area contributed by atoms with Crippen molar-refractivity contribution in [2.45, 2.75) is 97.6 Å². The van der Waals surface area contributed by atoms with Gasteiger partial charge in [0.1, 0.15) is 0 Å². The summed E-state index contributed by atoms with van der Waals surface area (Å²) in [5, 5.41) is 2.92. The van der Waals surface area contributed by atoms with E-state index in [1.165, 1.54) is 27.5 Å². The van der Waals surface area contributed by atoms with Crippen molar-refractivity contribution in [2.24, 2.45) is 0 Å². The molecule has 1 heteroatoms. The van der Waals surface area contributed by atoms with Gasteiger partial charge in [-0.15, -0.1) is 0 Å². The molecule has 0 atom stereocenters. The summed E-state index contributed by atoms with van der Waals surface area (Å²) in [6.07, 6.45) is 0. The van der Waals surface area contributed by atoms with E-state index in [0.29, 0.717) is 24.5 Å². The van der Waals surface area contributed by atoms with Gasteiger partial charge in [-0.3, -0.25) is 0 Å². The van der Waals surface area contributed by atoms with Gasteiger partial charge < -0.3 is 0 Å². The highest BCUT2D eigenvalue weighted by Crippen LogP contribution is 2.49. The Bertz CT molecular complexity index is 1080. The number of rotatable bonds is 4. The smallest absolute Gasteiger partial charge is 0.0714 e. The maximum Gasteiger partial charge on any atom is 0.197 e. The van der Waals surface area contributed by atoms with E-state index in [1.54, 1.807) is 16.6 Å². The third kappa shape index (κ3) is 3.35.